The number of aliphatic hydroxyl groups excluding tert-OH is 1. The minimum atomic E-state index is -1.22. The Bertz CT molecular complexity index is 1090. The average molecular weight is 434 g/mol. The maximum atomic E-state index is 14.7. The Morgan fingerprint density at radius 2 is 2.03 bits per heavy atom. The summed E-state index contributed by atoms with van der Waals surface area (Å²) >= 11 is 6.29. The van der Waals surface area contributed by atoms with Gasteiger partial charge < -0.3 is 20.3 Å². The minimum Gasteiger partial charge on any atom is -0.389 e. The number of hydrogen-bond acceptors (Lipinski definition) is 8. The Kier molecular flexibility index (Phi) is 5.54. The topological polar surface area (TPSA) is 113 Å². The van der Waals surface area contributed by atoms with Crippen molar-refractivity contribution in [2.24, 2.45) is 0 Å². The predicted molar refractivity (Wildman–Crippen MR) is 110 cm³/mol. The molecule has 1 saturated heterocycles. The molecule has 158 valence electrons. The van der Waals surface area contributed by atoms with Gasteiger partial charge in [-0.05, 0) is 32.4 Å². The fraction of sp³-hybridized carbons (Fsp3) is 0.400. The van der Waals surface area contributed by atoms with Crippen molar-refractivity contribution in [3.05, 3.63) is 41.1 Å². The Morgan fingerprint density at radius 1 is 1.23 bits per heavy atom. The van der Waals surface area contributed by atoms with Gasteiger partial charge in [-0.15, -0.1) is 0 Å². The van der Waals surface area contributed by atoms with Crippen LogP contribution in [0.4, 0.5) is 10.3 Å². The summed E-state index contributed by atoms with van der Waals surface area (Å²) in [7, 11) is 0. The van der Waals surface area contributed by atoms with Gasteiger partial charge in [-0.3, -0.25) is 0 Å². The highest BCUT2D eigenvalue weighted by Crippen LogP contribution is 2.31. The molecule has 8 nitrogen and oxygen atoms in total. The molecule has 0 radical (unpaired) electrons. The van der Waals surface area contributed by atoms with E-state index in [-0.39, 0.29) is 34.7 Å². The van der Waals surface area contributed by atoms with Crippen LogP contribution in [-0.2, 0) is 10.3 Å². The number of halogens is 2. The number of ether oxygens (including phenoxy) is 1. The van der Waals surface area contributed by atoms with Crippen LogP contribution < -0.4 is 5.32 Å². The van der Waals surface area contributed by atoms with E-state index in [4.69, 9.17) is 16.3 Å². The van der Waals surface area contributed by atoms with Gasteiger partial charge in [0, 0.05) is 12.2 Å². The van der Waals surface area contributed by atoms with Gasteiger partial charge in [0.15, 0.2) is 5.82 Å². The van der Waals surface area contributed by atoms with Gasteiger partial charge >= 0.3 is 0 Å². The lowest BCUT2D eigenvalue weighted by Gasteiger charge is -2.28. The van der Waals surface area contributed by atoms with Gasteiger partial charge in [0.1, 0.15) is 11.1 Å². The maximum Gasteiger partial charge on any atom is 0.223 e. The molecule has 3 heterocycles. The molecule has 0 amide bonds. The normalized spacial score (nSPS) is 19.8. The maximum absolute atomic E-state index is 14.7. The van der Waals surface area contributed by atoms with Crippen molar-refractivity contribution in [1.29, 1.82) is 0 Å². The molecule has 30 heavy (non-hydrogen) atoms. The van der Waals surface area contributed by atoms with Crippen LogP contribution in [0.25, 0.3) is 22.3 Å². The molecular weight excluding hydrogens is 413 g/mol. The lowest BCUT2D eigenvalue weighted by atomic mass is 10.1. The van der Waals surface area contributed by atoms with Crippen LogP contribution in [-0.4, -0.2) is 55.5 Å². The third kappa shape index (κ3) is 4.20. The van der Waals surface area contributed by atoms with E-state index in [1.165, 1.54) is 18.5 Å². The van der Waals surface area contributed by atoms with E-state index in [9.17, 15) is 14.6 Å². The molecule has 1 fully saturated rings. The van der Waals surface area contributed by atoms with Crippen LogP contribution in [0.3, 0.4) is 0 Å². The Morgan fingerprint density at radius 3 is 2.77 bits per heavy atom. The molecule has 0 spiro atoms. The summed E-state index contributed by atoms with van der Waals surface area (Å²) in [4.78, 5) is 17.0. The number of hydrogen-bond donors (Lipinski definition) is 3. The van der Waals surface area contributed by atoms with Crippen LogP contribution in [0.1, 0.15) is 26.0 Å². The van der Waals surface area contributed by atoms with Crippen molar-refractivity contribution in [2.75, 3.05) is 18.5 Å². The zero-order valence-electron chi connectivity index (χ0n) is 16.4. The number of nitrogens with one attached hydrogen (secondary N) is 1. The molecule has 3 aromatic rings. The van der Waals surface area contributed by atoms with Crippen molar-refractivity contribution in [3.8, 4) is 11.3 Å². The molecule has 0 bridgehead atoms. The number of rotatable bonds is 4. The molecule has 10 heteroatoms. The first-order valence-corrected chi connectivity index (χ1v) is 9.84. The summed E-state index contributed by atoms with van der Waals surface area (Å²) in [6.45, 7) is 3.91. The zero-order valence-corrected chi connectivity index (χ0v) is 17.2. The van der Waals surface area contributed by atoms with E-state index in [0.717, 1.165) is 0 Å². The van der Waals surface area contributed by atoms with E-state index in [0.29, 0.717) is 30.0 Å². The Labute approximate surface area is 177 Å². The summed E-state index contributed by atoms with van der Waals surface area (Å²) < 4.78 is 19.9. The lowest BCUT2D eigenvalue weighted by molar-refractivity contribution is -0.0136. The largest absolute Gasteiger partial charge is 0.389 e. The number of aliphatic hydroxyl groups is 2. The van der Waals surface area contributed by atoms with Crippen molar-refractivity contribution in [1.82, 2.24) is 19.9 Å². The van der Waals surface area contributed by atoms with Crippen molar-refractivity contribution >= 4 is 28.6 Å². The molecule has 3 N–H and O–H groups in total. The van der Waals surface area contributed by atoms with E-state index in [1.807, 2.05) is 0 Å². The van der Waals surface area contributed by atoms with Crippen molar-refractivity contribution in [3.63, 3.8) is 0 Å². The van der Waals surface area contributed by atoms with Crippen molar-refractivity contribution in [2.45, 2.75) is 38.0 Å². The highest BCUT2D eigenvalue weighted by atomic mass is 35.5. The average Bonchev–Trinajstić information content (AvgIpc) is 2.70. The number of nitrogens with zero attached hydrogens (tertiary/aromatic N) is 4. The summed E-state index contributed by atoms with van der Waals surface area (Å²) in [5.41, 5.74) is 0.157. The SMILES string of the molecule is CC(C)(O)c1cnc2c(F)cc(-c3nc(N[C@@H]4CCOC[C@H]4O)ncc3Cl)cc2n1. The summed E-state index contributed by atoms with van der Waals surface area (Å²) in [6, 6.07) is 2.63. The number of fused-ring (bicyclic) bond motifs is 1. The molecule has 1 aliphatic heterocycles. The van der Waals surface area contributed by atoms with Crippen LogP contribution in [0.15, 0.2) is 24.5 Å². The second kappa shape index (κ2) is 7.99. The second-order valence-corrected chi connectivity index (χ2v) is 8.12. The smallest absolute Gasteiger partial charge is 0.223 e. The lowest BCUT2D eigenvalue weighted by Crippen LogP contribution is -2.42. The quantitative estimate of drug-likeness (QED) is 0.575. The van der Waals surface area contributed by atoms with Gasteiger partial charge in [-0.1, -0.05) is 11.6 Å². The molecule has 1 aromatic carbocycles. The molecule has 2 atom stereocenters. The van der Waals surface area contributed by atoms with Crippen LogP contribution in [0, 0.1) is 5.82 Å². The summed E-state index contributed by atoms with van der Waals surface area (Å²) in [5, 5.41) is 23.6. The van der Waals surface area contributed by atoms with Gasteiger partial charge in [-0.2, -0.15) is 0 Å². The van der Waals surface area contributed by atoms with Crippen LogP contribution >= 0.6 is 11.6 Å². The minimum absolute atomic E-state index is 0.0839. The Balaban J connectivity index is 1.73. The highest BCUT2D eigenvalue weighted by molar-refractivity contribution is 6.33. The second-order valence-electron chi connectivity index (χ2n) is 7.71. The van der Waals surface area contributed by atoms with Crippen LogP contribution in [0.2, 0.25) is 5.02 Å². The third-order valence-electron chi connectivity index (χ3n) is 4.89. The fourth-order valence-electron chi connectivity index (χ4n) is 3.21. The number of aromatic nitrogens is 4. The molecule has 2 aromatic heterocycles. The monoisotopic (exact) mass is 433 g/mol. The van der Waals surface area contributed by atoms with Gasteiger partial charge in [-0.25, -0.2) is 24.3 Å². The molecular formula is C20H21ClFN5O3. The van der Waals surface area contributed by atoms with E-state index in [1.54, 1.807) is 19.9 Å². The zero-order chi connectivity index (χ0) is 21.5. The molecule has 0 unspecified atom stereocenters. The van der Waals surface area contributed by atoms with Gasteiger partial charge in [0.05, 0.1) is 53.1 Å². The first kappa shape index (κ1) is 20.8. The van der Waals surface area contributed by atoms with Gasteiger partial charge in [0.25, 0.3) is 0 Å². The summed E-state index contributed by atoms with van der Waals surface area (Å²) in [6.07, 6.45) is 2.68. The van der Waals surface area contributed by atoms with E-state index in [2.05, 4.69) is 25.3 Å². The number of benzene rings is 1. The third-order valence-corrected chi connectivity index (χ3v) is 5.16. The van der Waals surface area contributed by atoms with Crippen LogP contribution in [0.5, 0.6) is 0 Å². The van der Waals surface area contributed by atoms with Gasteiger partial charge in [0.2, 0.25) is 5.95 Å². The molecule has 1 aliphatic rings. The van der Waals surface area contributed by atoms with E-state index < -0.39 is 17.5 Å². The molecule has 4 rings (SSSR count). The van der Waals surface area contributed by atoms with Crippen molar-refractivity contribution < 1.29 is 19.3 Å². The molecule has 0 aliphatic carbocycles. The first-order chi connectivity index (χ1) is 14.2. The highest BCUT2D eigenvalue weighted by Gasteiger charge is 2.25. The number of anilines is 1. The fourth-order valence-corrected chi connectivity index (χ4v) is 3.41. The summed E-state index contributed by atoms with van der Waals surface area (Å²) in [5.74, 6) is -0.321. The predicted octanol–water partition coefficient (Wildman–Crippen LogP) is 2.67. The first-order valence-electron chi connectivity index (χ1n) is 9.47. The molecule has 0 saturated carbocycles. The Hall–Kier alpha value is -2.46. The van der Waals surface area contributed by atoms with E-state index >= 15 is 0 Å². The standard InChI is InChI=1S/C20H21ClFN5O3/c1-20(2,29)16-8-23-18-12(22)5-10(6-14(18)25-16)17-11(21)7-24-19(27-17)26-13-3-4-30-9-15(13)28/h5-8,13,15,28-29H,3-4,9H2,1-2H3,(H,24,26,27)/t13-,15-/m1/s1.